The van der Waals surface area contributed by atoms with Gasteiger partial charge in [-0.1, -0.05) is 0 Å². The Labute approximate surface area is 207 Å². The van der Waals surface area contributed by atoms with Gasteiger partial charge in [0.2, 0.25) is 5.91 Å². The number of carbonyl (C=O) groups is 4. The van der Waals surface area contributed by atoms with Crippen molar-refractivity contribution in [1.29, 1.82) is 0 Å². The van der Waals surface area contributed by atoms with Gasteiger partial charge in [0.1, 0.15) is 5.75 Å². The molecule has 0 unspecified atom stereocenters. The summed E-state index contributed by atoms with van der Waals surface area (Å²) in [7, 11) is 1.47. The van der Waals surface area contributed by atoms with Gasteiger partial charge in [-0.25, -0.2) is 4.98 Å². The Morgan fingerprint density at radius 3 is 2.28 bits per heavy atom. The van der Waals surface area contributed by atoms with Crippen molar-refractivity contribution in [3.8, 4) is 17.1 Å². The van der Waals surface area contributed by atoms with Crippen molar-refractivity contribution < 1.29 is 28.3 Å². The van der Waals surface area contributed by atoms with E-state index in [4.69, 9.17) is 9.15 Å². The van der Waals surface area contributed by atoms with E-state index in [9.17, 15) is 19.2 Å². The minimum Gasteiger partial charge on any atom is -0.496 e. The Morgan fingerprint density at radius 2 is 1.67 bits per heavy atom. The van der Waals surface area contributed by atoms with Crippen LogP contribution in [-0.4, -0.2) is 47.8 Å². The van der Waals surface area contributed by atoms with Gasteiger partial charge in [-0.2, -0.15) is 0 Å². The first kappa shape index (κ1) is 25.9. The third kappa shape index (κ3) is 6.92. The van der Waals surface area contributed by atoms with E-state index in [1.807, 2.05) is 0 Å². The predicted octanol–water partition coefficient (Wildman–Crippen LogP) is 2.57. The van der Waals surface area contributed by atoms with Crippen LogP contribution in [0.4, 0.5) is 11.4 Å². The molecule has 4 amide bonds. The highest BCUT2D eigenvalue weighted by molar-refractivity contribution is 6.39. The number of ether oxygens (including phenoxy) is 1. The van der Waals surface area contributed by atoms with Gasteiger partial charge in [0, 0.05) is 36.5 Å². The third-order valence-electron chi connectivity index (χ3n) is 4.97. The van der Waals surface area contributed by atoms with Crippen molar-refractivity contribution in [1.82, 2.24) is 15.6 Å². The average molecular weight is 494 g/mol. The Kier molecular flexibility index (Phi) is 8.05. The van der Waals surface area contributed by atoms with Crippen LogP contribution in [0, 0.1) is 0 Å². The summed E-state index contributed by atoms with van der Waals surface area (Å²) >= 11 is 0. The fraction of sp³-hybridized carbons (Fsp3) is 0.240. The molecule has 0 aliphatic carbocycles. The molecule has 2 aromatic carbocycles. The van der Waals surface area contributed by atoms with Crippen LogP contribution < -0.4 is 26.0 Å². The third-order valence-corrected chi connectivity index (χ3v) is 4.97. The highest BCUT2D eigenvalue weighted by Gasteiger charge is 2.25. The molecule has 188 valence electrons. The highest BCUT2D eigenvalue weighted by atomic mass is 16.5. The molecular formula is C25H27N5O6. The lowest BCUT2D eigenvalue weighted by atomic mass is 10.1. The van der Waals surface area contributed by atoms with Gasteiger partial charge in [-0.3, -0.25) is 19.2 Å². The summed E-state index contributed by atoms with van der Waals surface area (Å²) in [5.74, 6) is -1.40. The van der Waals surface area contributed by atoms with E-state index in [2.05, 4.69) is 26.3 Å². The maximum atomic E-state index is 12.5. The predicted molar refractivity (Wildman–Crippen MR) is 132 cm³/mol. The van der Waals surface area contributed by atoms with Crippen LogP contribution in [0.1, 0.15) is 31.1 Å². The van der Waals surface area contributed by atoms with Gasteiger partial charge < -0.3 is 30.4 Å². The number of nitrogens with one attached hydrogen (secondary N) is 4. The zero-order chi connectivity index (χ0) is 26.3. The van der Waals surface area contributed by atoms with E-state index < -0.39 is 17.4 Å². The standard InChI is InChI=1S/C25H27N5O6/c1-15(31)28-17-7-5-16(6-8-17)22(32)27-13-25(2,3)30-24(34)23(33)29-18-9-10-19(20(11-18)35-4)21-12-26-14-36-21/h5-12,14H,13H2,1-4H3,(H,27,32)(H,28,31)(H,29,33)(H,30,34). The molecule has 0 saturated carbocycles. The Bertz CT molecular complexity index is 1250. The second-order valence-corrected chi connectivity index (χ2v) is 8.51. The van der Waals surface area contributed by atoms with Crippen molar-refractivity contribution in [2.45, 2.75) is 26.3 Å². The summed E-state index contributed by atoms with van der Waals surface area (Å²) in [6.45, 7) is 4.81. The molecule has 3 aromatic rings. The number of anilines is 2. The molecule has 36 heavy (non-hydrogen) atoms. The lowest BCUT2D eigenvalue weighted by molar-refractivity contribution is -0.137. The molecule has 0 saturated heterocycles. The number of benzene rings is 2. The van der Waals surface area contributed by atoms with Crippen LogP contribution in [-0.2, 0) is 14.4 Å². The number of oxazole rings is 1. The van der Waals surface area contributed by atoms with Gasteiger partial charge in [0.25, 0.3) is 5.91 Å². The second-order valence-electron chi connectivity index (χ2n) is 8.51. The van der Waals surface area contributed by atoms with Gasteiger partial charge in [-0.05, 0) is 50.2 Å². The molecule has 3 rings (SSSR count). The first-order valence-corrected chi connectivity index (χ1v) is 10.9. The normalized spacial score (nSPS) is 10.8. The molecule has 0 aliphatic heterocycles. The SMILES string of the molecule is COc1cc(NC(=O)C(=O)NC(C)(C)CNC(=O)c2ccc(NC(C)=O)cc2)ccc1-c1cnco1. The molecule has 4 N–H and O–H groups in total. The smallest absolute Gasteiger partial charge is 0.313 e. The summed E-state index contributed by atoms with van der Waals surface area (Å²) in [5.41, 5.74) is 1.02. The number of rotatable bonds is 8. The number of aromatic nitrogens is 1. The zero-order valence-electron chi connectivity index (χ0n) is 20.3. The molecular weight excluding hydrogens is 466 g/mol. The monoisotopic (exact) mass is 493 g/mol. The number of nitrogens with zero attached hydrogens (tertiary/aromatic N) is 1. The lowest BCUT2D eigenvalue weighted by Crippen LogP contribution is -2.54. The van der Waals surface area contributed by atoms with E-state index in [1.54, 1.807) is 56.3 Å². The number of amides is 4. The first-order chi connectivity index (χ1) is 17.1. The minimum atomic E-state index is -0.923. The molecule has 0 radical (unpaired) electrons. The molecule has 0 aliphatic rings. The summed E-state index contributed by atoms with van der Waals surface area (Å²) < 4.78 is 10.6. The van der Waals surface area contributed by atoms with Gasteiger partial charge in [-0.15, -0.1) is 0 Å². The summed E-state index contributed by atoms with van der Waals surface area (Å²) in [4.78, 5) is 52.4. The van der Waals surface area contributed by atoms with Crippen LogP contribution in [0.25, 0.3) is 11.3 Å². The summed E-state index contributed by atoms with van der Waals surface area (Å²) in [6.07, 6.45) is 2.83. The van der Waals surface area contributed by atoms with Crippen molar-refractivity contribution >= 4 is 35.0 Å². The molecule has 1 aromatic heterocycles. The van der Waals surface area contributed by atoms with E-state index in [-0.39, 0.29) is 18.4 Å². The fourth-order valence-corrected chi connectivity index (χ4v) is 3.23. The topological polar surface area (TPSA) is 152 Å². The van der Waals surface area contributed by atoms with Crippen LogP contribution in [0.2, 0.25) is 0 Å². The number of hydrogen-bond donors (Lipinski definition) is 4. The molecule has 0 spiro atoms. The van der Waals surface area contributed by atoms with E-state index in [0.29, 0.717) is 34.0 Å². The zero-order valence-corrected chi connectivity index (χ0v) is 20.3. The lowest BCUT2D eigenvalue weighted by Gasteiger charge is -2.26. The molecule has 11 heteroatoms. The first-order valence-electron chi connectivity index (χ1n) is 10.9. The van der Waals surface area contributed by atoms with E-state index >= 15 is 0 Å². The van der Waals surface area contributed by atoms with Crippen molar-refractivity contribution in [3.63, 3.8) is 0 Å². The maximum Gasteiger partial charge on any atom is 0.313 e. The number of hydrogen-bond acceptors (Lipinski definition) is 7. The van der Waals surface area contributed by atoms with Crippen molar-refractivity contribution in [2.24, 2.45) is 0 Å². The number of carbonyl (C=O) groups excluding carboxylic acids is 4. The molecule has 1 heterocycles. The van der Waals surface area contributed by atoms with E-state index in [1.165, 1.54) is 26.6 Å². The van der Waals surface area contributed by atoms with E-state index in [0.717, 1.165) is 0 Å². The molecule has 0 bridgehead atoms. The van der Waals surface area contributed by atoms with Gasteiger partial charge in [0.05, 0.1) is 24.4 Å². The number of methoxy groups -OCH3 is 1. The highest BCUT2D eigenvalue weighted by Crippen LogP contribution is 2.32. The average Bonchev–Trinajstić information content (AvgIpc) is 3.37. The Balaban J connectivity index is 1.55. The van der Waals surface area contributed by atoms with Crippen molar-refractivity contribution in [2.75, 3.05) is 24.3 Å². The summed E-state index contributed by atoms with van der Waals surface area (Å²) in [6, 6.07) is 11.2. The Hall–Kier alpha value is -4.67. The second kappa shape index (κ2) is 11.2. The van der Waals surface area contributed by atoms with Gasteiger partial charge in [0.15, 0.2) is 12.2 Å². The molecule has 11 nitrogen and oxygen atoms in total. The van der Waals surface area contributed by atoms with Gasteiger partial charge >= 0.3 is 11.8 Å². The largest absolute Gasteiger partial charge is 0.496 e. The quantitative estimate of drug-likeness (QED) is 0.352. The van der Waals surface area contributed by atoms with Crippen LogP contribution in [0.5, 0.6) is 5.75 Å². The van der Waals surface area contributed by atoms with Crippen LogP contribution in [0.15, 0.2) is 59.5 Å². The summed E-state index contributed by atoms with van der Waals surface area (Å²) in [5, 5.41) is 10.5. The van der Waals surface area contributed by atoms with Crippen LogP contribution in [0.3, 0.4) is 0 Å². The Morgan fingerprint density at radius 1 is 0.972 bits per heavy atom. The maximum absolute atomic E-state index is 12.5. The van der Waals surface area contributed by atoms with Crippen molar-refractivity contribution in [3.05, 3.63) is 60.6 Å². The fourth-order valence-electron chi connectivity index (χ4n) is 3.23. The molecule has 0 atom stereocenters. The molecule has 0 fully saturated rings. The minimum absolute atomic E-state index is 0.0675. The van der Waals surface area contributed by atoms with Crippen LogP contribution >= 0.6 is 0 Å².